The minimum absolute atomic E-state index is 0.0328. The molecular formula is C15H32O. The maximum atomic E-state index is 9.55. The standard InChI is InChI=1S/C15H32O/c1-3-5-6-7-8-9-10-11-12-14-15(16)13-4-2/h15-16H,3-14H2,1-2H3/t15-/m0/s1. The predicted molar refractivity (Wildman–Crippen MR) is 72.8 cm³/mol. The van der Waals surface area contributed by atoms with Gasteiger partial charge in [-0.3, -0.25) is 0 Å². The van der Waals surface area contributed by atoms with Gasteiger partial charge in [-0.25, -0.2) is 0 Å². The predicted octanol–water partition coefficient (Wildman–Crippen LogP) is 5.07. The molecule has 0 aliphatic rings. The zero-order valence-corrected chi connectivity index (χ0v) is 11.5. The molecule has 0 aliphatic carbocycles. The van der Waals surface area contributed by atoms with Gasteiger partial charge in [0.1, 0.15) is 0 Å². The van der Waals surface area contributed by atoms with Crippen LogP contribution in [0.3, 0.4) is 0 Å². The van der Waals surface area contributed by atoms with E-state index >= 15 is 0 Å². The molecule has 0 radical (unpaired) electrons. The Morgan fingerprint density at radius 2 is 1.12 bits per heavy atom. The highest BCUT2D eigenvalue weighted by Gasteiger charge is 2.01. The van der Waals surface area contributed by atoms with Crippen LogP contribution in [0.5, 0.6) is 0 Å². The van der Waals surface area contributed by atoms with E-state index in [0.717, 1.165) is 19.3 Å². The summed E-state index contributed by atoms with van der Waals surface area (Å²) >= 11 is 0. The summed E-state index contributed by atoms with van der Waals surface area (Å²) in [5, 5.41) is 9.55. The van der Waals surface area contributed by atoms with Crippen LogP contribution in [-0.4, -0.2) is 11.2 Å². The summed E-state index contributed by atoms with van der Waals surface area (Å²) in [7, 11) is 0. The number of hydrogen-bond acceptors (Lipinski definition) is 1. The lowest BCUT2D eigenvalue weighted by Crippen LogP contribution is -2.04. The van der Waals surface area contributed by atoms with Crippen LogP contribution in [0.2, 0.25) is 0 Å². The van der Waals surface area contributed by atoms with E-state index in [9.17, 15) is 5.11 Å². The van der Waals surface area contributed by atoms with Crippen molar-refractivity contribution in [1.82, 2.24) is 0 Å². The fourth-order valence-electron chi connectivity index (χ4n) is 2.17. The van der Waals surface area contributed by atoms with Gasteiger partial charge < -0.3 is 5.11 Å². The van der Waals surface area contributed by atoms with Crippen LogP contribution in [-0.2, 0) is 0 Å². The zero-order chi connectivity index (χ0) is 12.1. The van der Waals surface area contributed by atoms with Crippen molar-refractivity contribution in [2.24, 2.45) is 0 Å². The third kappa shape index (κ3) is 12.0. The average molecular weight is 228 g/mol. The molecule has 0 saturated heterocycles. The Morgan fingerprint density at radius 1 is 0.625 bits per heavy atom. The molecule has 1 nitrogen and oxygen atoms in total. The molecule has 0 amide bonds. The first kappa shape index (κ1) is 16.0. The first-order valence-electron chi connectivity index (χ1n) is 7.49. The van der Waals surface area contributed by atoms with E-state index in [0.29, 0.717) is 0 Å². The SMILES string of the molecule is CCCCCCCCCCC[C@@H](O)CCC. The van der Waals surface area contributed by atoms with Gasteiger partial charge >= 0.3 is 0 Å². The van der Waals surface area contributed by atoms with Crippen molar-refractivity contribution in [2.45, 2.75) is 97.0 Å². The van der Waals surface area contributed by atoms with E-state index in [1.165, 1.54) is 57.8 Å². The molecule has 16 heavy (non-hydrogen) atoms. The minimum Gasteiger partial charge on any atom is -0.393 e. The highest BCUT2D eigenvalue weighted by atomic mass is 16.3. The van der Waals surface area contributed by atoms with E-state index in [2.05, 4.69) is 13.8 Å². The first-order valence-corrected chi connectivity index (χ1v) is 7.49. The molecule has 0 rings (SSSR count). The average Bonchev–Trinajstić information content (AvgIpc) is 2.27. The van der Waals surface area contributed by atoms with Gasteiger partial charge in [0.15, 0.2) is 0 Å². The number of hydrogen-bond donors (Lipinski definition) is 1. The van der Waals surface area contributed by atoms with E-state index < -0.39 is 0 Å². The van der Waals surface area contributed by atoms with E-state index in [-0.39, 0.29) is 6.10 Å². The van der Waals surface area contributed by atoms with Crippen LogP contribution >= 0.6 is 0 Å². The maximum absolute atomic E-state index is 9.55. The highest BCUT2D eigenvalue weighted by molar-refractivity contribution is 4.55. The molecule has 1 N–H and O–H groups in total. The second-order valence-corrected chi connectivity index (χ2v) is 5.06. The molecule has 1 heteroatoms. The minimum atomic E-state index is -0.0328. The lowest BCUT2D eigenvalue weighted by Gasteiger charge is -2.08. The lowest BCUT2D eigenvalue weighted by atomic mass is 10.0. The molecule has 0 heterocycles. The van der Waals surface area contributed by atoms with Crippen LogP contribution in [0.1, 0.15) is 90.9 Å². The van der Waals surface area contributed by atoms with Gasteiger partial charge in [-0.15, -0.1) is 0 Å². The summed E-state index contributed by atoms with van der Waals surface area (Å²) in [6.07, 6.45) is 15.4. The number of rotatable bonds is 12. The zero-order valence-electron chi connectivity index (χ0n) is 11.5. The summed E-state index contributed by atoms with van der Waals surface area (Å²) in [6, 6.07) is 0. The van der Waals surface area contributed by atoms with Crippen LogP contribution in [0.4, 0.5) is 0 Å². The molecule has 0 aromatic rings. The normalized spacial score (nSPS) is 12.9. The molecule has 0 saturated carbocycles. The van der Waals surface area contributed by atoms with Gasteiger partial charge in [0, 0.05) is 0 Å². The van der Waals surface area contributed by atoms with Gasteiger partial charge in [-0.05, 0) is 12.8 Å². The number of unbranched alkanes of at least 4 members (excludes halogenated alkanes) is 8. The smallest absolute Gasteiger partial charge is 0.0540 e. The van der Waals surface area contributed by atoms with E-state index in [4.69, 9.17) is 0 Å². The Labute approximate surface area is 103 Å². The lowest BCUT2D eigenvalue weighted by molar-refractivity contribution is 0.150. The van der Waals surface area contributed by atoms with Gasteiger partial charge in [0.2, 0.25) is 0 Å². The van der Waals surface area contributed by atoms with Gasteiger partial charge in [-0.2, -0.15) is 0 Å². The fourth-order valence-corrected chi connectivity index (χ4v) is 2.17. The summed E-state index contributed by atoms with van der Waals surface area (Å²) in [5.41, 5.74) is 0. The quantitative estimate of drug-likeness (QED) is 0.462. The second-order valence-electron chi connectivity index (χ2n) is 5.06. The Kier molecular flexibility index (Phi) is 13.0. The Morgan fingerprint density at radius 3 is 1.62 bits per heavy atom. The van der Waals surface area contributed by atoms with Crippen LogP contribution < -0.4 is 0 Å². The summed E-state index contributed by atoms with van der Waals surface area (Å²) in [5.74, 6) is 0. The second kappa shape index (κ2) is 13.0. The summed E-state index contributed by atoms with van der Waals surface area (Å²) in [4.78, 5) is 0. The van der Waals surface area contributed by atoms with Crippen LogP contribution in [0.15, 0.2) is 0 Å². The van der Waals surface area contributed by atoms with Gasteiger partial charge in [0.05, 0.1) is 6.10 Å². The molecular weight excluding hydrogens is 196 g/mol. The van der Waals surface area contributed by atoms with Crippen molar-refractivity contribution in [3.05, 3.63) is 0 Å². The topological polar surface area (TPSA) is 20.2 Å². The molecule has 0 aromatic carbocycles. The van der Waals surface area contributed by atoms with Crippen molar-refractivity contribution >= 4 is 0 Å². The molecule has 0 aliphatic heterocycles. The molecule has 0 bridgehead atoms. The summed E-state index contributed by atoms with van der Waals surface area (Å²) < 4.78 is 0. The van der Waals surface area contributed by atoms with Gasteiger partial charge in [-0.1, -0.05) is 78.1 Å². The number of aliphatic hydroxyl groups excluding tert-OH is 1. The Hall–Kier alpha value is -0.0400. The largest absolute Gasteiger partial charge is 0.393 e. The molecule has 0 fully saturated rings. The van der Waals surface area contributed by atoms with Crippen molar-refractivity contribution < 1.29 is 5.11 Å². The Balaban J connectivity index is 2.98. The Bertz CT molecular complexity index is 123. The molecule has 0 unspecified atom stereocenters. The summed E-state index contributed by atoms with van der Waals surface area (Å²) in [6.45, 7) is 4.40. The maximum Gasteiger partial charge on any atom is 0.0540 e. The third-order valence-electron chi connectivity index (χ3n) is 3.26. The van der Waals surface area contributed by atoms with Gasteiger partial charge in [0.25, 0.3) is 0 Å². The molecule has 98 valence electrons. The molecule has 0 spiro atoms. The highest BCUT2D eigenvalue weighted by Crippen LogP contribution is 2.12. The third-order valence-corrected chi connectivity index (χ3v) is 3.26. The monoisotopic (exact) mass is 228 g/mol. The van der Waals surface area contributed by atoms with E-state index in [1.54, 1.807) is 0 Å². The molecule has 0 aromatic heterocycles. The van der Waals surface area contributed by atoms with E-state index in [1.807, 2.05) is 0 Å². The van der Waals surface area contributed by atoms with Crippen molar-refractivity contribution in [2.75, 3.05) is 0 Å². The first-order chi connectivity index (χ1) is 7.81. The van der Waals surface area contributed by atoms with Crippen molar-refractivity contribution in [3.63, 3.8) is 0 Å². The molecule has 1 atom stereocenters. The van der Waals surface area contributed by atoms with Crippen LogP contribution in [0, 0.1) is 0 Å². The van der Waals surface area contributed by atoms with Crippen molar-refractivity contribution in [3.8, 4) is 0 Å². The number of aliphatic hydroxyl groups is 1. The van der Waals surface area contributed by atoms with Crippen molar-refractivity contribution in [1.29, 1.82) is 0 Å². The van der Waals surface area contributed by atoms with Crippen LogP contribution in [0.25, 0.3) is 0 Å². The fraction of sp³-hybridized carbons (Fsp3) is 1.00.